The molecule has 0 aliphatic heterocycles. The van der Waals surface area contributed by atoms with Gasteiger partial charge in [-0.15, -0.1) is 0 Å². The Morgan fingerprint density at radius 3 is 2.30 bits per heavy atom. The van der Waals surface area contributed by atoms with Crippen LogP contribution < -0.4 is 0 Å². The maximum atomic E-state index is 5.85. The molecular weight excluding hydrogens is 266 g/mol. The van der Waals surface area contributed by atoms with Crippen molar-refractivity contribution < 1.29 is 0 Å². The Hall–Kier alpha value is -1.60. The predicted octanol–water partition coefficient (Wildman–Crippen LogP) is 5.82. The van der Waals surface area contributed by atoms with E-state index in [4.69, 9.17) is 11.6 Å². The Morgan fingerprint density at radius 1 is 0.950 bits per heavy atom. The first-order chi connectivity index (χ1) is 9.78. The van der Waals surface area contributed by atoms with Gasteiger partial charge in [0, 0.05) is 11.2 Å². The largest absolute Gasteiger partial charge is 0.256 e. The minimum Gasteiger partial charge on any atom is -0.256 e. The van der Waals surface area contributed by atoms with E-state index >= 15 is 0 Å². The van der Waals surface area contributed by atoms with E-state index in [0.717, 1.165) is 22.7 Å². The fraction of sp³-hybridized carbons (Fsp3) is 0.278. The van der Waals surface area contributed by atoms with Crippen molar-refractivity contribution in [2.45, 2.75) is 32.6 Å². The van der Waals surface area contributed by atoms with Crippen LogP contribution in [-0.4, -0.2) is 6.21 Å². The van der Waals surface area contributed by atoms with E-state index in [1.807, 2.05) is 30.5 Å². The maximum Gasteiger partial charge on any atom is 0.0630 e. The Bertz CT molecular complexity index is 541. The smallest absolute Gasteiger partial charge is 0.0630 e. The van der Waals surface area contributed by atoms with Crippen LogP contribution in [0.2, 0.25) is 5.02 Å². The molecule has 1 nitrogen and oxygen atoms in total. The molecule has 0 fully saturated rings. The van der Waals surface area contributed by atoms with Crippen molar-refractivity contribution in [1.82, 2.24) is 0 Å². The van der Waals surface area contributed by atoms with E-state index in [-0.39, 0.29) is 0 Å². The zero-order valence-electron chi connectivity index (χ0n) is 11.8. The third-order valence-corrected chi connectivity index (χ3v) is 3.49. The Balaban J connectivity index is 1.94. The van der Waals surface area contributed by atoms with E-state index in [9.17, 15) is 0 Å². The van der Waals surface area contributed by atoms with E-state index in [2.05, 4.69) is 36.2 Å². The second-order valence-electron chi connectivity index (χ2n) is 4.93. The molecule has 0 atom stereocenters. The van der Waals surface area contributed by atoms with E-state index in [1.54, 1.807) is 0 Å². The van der Waals surface area contributed by atoms with Gasteiger partial charge in [-0.2, -0.15) is 0 Å². The van der Waals surface area contributed by atoms with Crippen LogP contribution in [0.5, 0.6) is 0 Å². The molecule has 2 heteroatoms. The Kier molecular flexibility index (Phi) is 5.82. The number of benzene rings is 2. The number of nitrogens with zero attached hydrogens (tertiary/aromatic N) is 1. The molecule has 2 rings (SSSR count). The third kappa shape index (κ3) is 4.82. The Labute approximate surface area is 126 Å². The highest BCUT2D eigenvalue weighted by atomic mass is 35.5. The highest BCUT2D eigenvalue weighted by Gasteiger charge is 1.94. The summed E-state index contributed by atoms with van der Waals surface area (Å²) < 4.78 is 0. The van der Waals surface area contributed by atoms with Crippen LogP contribution in [0.25, 0.3) is 0 Å². The van der Waals surface area contributed by atoms with Crippen LogP contribution in [-0.2, 0) is 6.42 Å². The number of rotatable bonds is 6. The van der Waals surface area contributed by atoms with Crippen molar-refractivity contribution in [2.75, 3.05) is 0 Å². The van der Waals surface area contributed by atoms with Gasteiger partial charge in [0.05, 0.1) is 5.69 Å². The van der Waals surface area contributed by atoms with E-state index in [1.165, 1.54) is 24.8 Å². The molecule has 0 heterocycles. The fourth-order valence-corrected chi connectivity index (χ4v) is 2.15. The molecule has 0 saturated carbocycles. The summed E-state index contributed by atoms with van der Waals surface area (Å²) >= 11 is 5.85. The topological polar surface area (TPSA) is 12.4 Å². The molecule has 0 saturated heterocycles. The molecule has 0 N–H and O–H groups in total. The SMILES string of the molecule is CCCCCc1ccc(N=Cc2ccc(Cl)cc2)cc1. The van der Waals surface area contributed by atoms with E-state index in [0.29, 0.717) is 0 Å². The summed E-state index contributed by atoms with van der Waals surface area (Å²) in [5.74, 6) is 0. The molecule has 0 aromatic heterocycles. The molecule has 0 aliphatic carbocycles. The van der Waals surface area contributed by atoms with Crippen LogP contribution in [0.4, 0.5) is 5.69 Å². The van der Waals surface area contributed by atoms with Gasteiger partial charge in [0.25, 0.3) is 0 Å². The molecule has 0 bridgehead atoms. The normalized spacial score (nSPS) is 11.1. The number of unbranched alkanes of at least 4 members (excludes halogenated alkanes) is 2. The fourth-order valence-electron chi connectivity index (χ4n) is 2.03. The number of hydrogen-bond acceptors (Lipinski definition) is 1. The molecule has 0 amide bonds. The van der Waals surface area contributed by atoms with Crippen LogP contribution in [0.15, 0.2) is 53.5 Å². The number of aliphatic imine (C=N–C) groups is 1. The molecule has 0 spiro atoms. The monoisotopic (exact) mass is 285 g/mol. The molecule has 0 unspecified atom stereocenters. The minimum absolute atomic E-state index is 0.749. The average Bonchev–Trinajstić information content (AvgIpc) is 2.48. The van der Waals surface area contributed by atoms with Gasteiger partial charge in [-0.25, -0.2) is 0 Å². The molecular formula is C18H20ClN. The maximum absolute atomic E-state index is 5.85. The average molecular weight is 286 g/mol. The second kappa shape index (κ2) is 7.86. The van der Waals surface area contributed by atoms with Gasteiger partial charge in [0.2, 0.25) is 0 Å². The summed E-state index contributed by atoms with van der Waals surface area (Å²) in [5, 5.41) is 0.749. The first kappa shape index (κ1) is 14.8. The lowest BCUT2D eigenvalue weighted by molar-refractivity contribution is 0.717. The van der Waals surface area contributed by atoms with Crippen molar-refractivity contribution in [1.29, 1.82) is 0 Å². The first-order valence-electron chi connectivity index (χ1n) is 7.16. The molecule has 104 valence electrons. The summed E-state index contributed by atoms with van der Waals surface area (Å²) in [5.41, 5.74) is 3.43. The summed E-state index contributed by atoms with van der Waals surface area (Å²) in [6, 6.07) is 16.2. The highest BCUT2D eigenvalue weighted by Crippen LogP contribution is 2.15. The van der Waals surface area contributed by atoms with Gasteiger partial charge in [-0.05, 0) is 48.2 Å². The summed E-state index contributed by atoms with van der Waals surface area (Å²) in [6.45, 7) is 2.23. The van der Waals surface area contributed by atoms with Gasteiger partial charge in [-0.3, -0.25) is 4.99 Å². The van der Waals surface area contributed by atoms with Gasteiger partial charge < -0.3 is 0 Å². The standard InChI is InChI=1S/C18H20ClN/c1-2-3-4-5-15-8-12-18(13-9-15)20-14-16-6-10-17(19)11-7-16/h6-14H,2-5H2,1H3. The lowest BCUT2D eigenvalue weighted by Crippen LogP contribution is -1.84. The molecule has 2 aromatic carbocycles. The van der Waals surface area contributed by atoms with Crippen LogP contribution in [0, 0.1) is 0 Å². The summed E-state index contributed by atoms with van der Waals surface area (Å²) in [6.07, 6.45) is 6.86. The minimum atomic E-state index is 0.749. The van der Waals surface area contributed by atoms with Crippen molar-refractivity contribution in [2.24, 2.45) is 4.99 Å². The zero-order valence-corrected chi connectivity index (χ0v) is 12.6. The lowest BCUT2D eigenvalue weighted by Gasteiger charge is -2.01. The number of hydrogen-bond donors (Lipinski definition) is 0. The van der Waals surface area contributed by atoms with Crippen molar-refractivity contribution in [3.05, 3.63) is 64.7 Å². The number of halogens is 1. The van der Waals surface area contributed by atoms with E-state index < -0.39 is 0 Å². The van der Waals surface area contributed by atoms with Gasteiger partial charge in [0.15, 0.2) is 0 Å². The molecule has 0 aliphatic rings. The van der Waals surface area contributed by atoms with Crippen LogP contribution >= 0.6 is 11.6 Å². The number of aryl methyl sites for hydroxylation is 1. The van der Waals surface area contributed by atoms with Crippen molar-refractivity contribution in [3.8, 4) is 0 Å². The first-order valence-corrected chi connectivity index (χ1v) is 7.54. The summed E-state index contributed by atoms with van der Waals surface area (Å²) in [7, 11) is 0. The third-order valence-electron chi connectivity index (χ3n) is 3.24. The van der Waals surface area contributed by atoms with Gasteiger partial charge in [0.1, 0.15) is 0 Å². The molecule has 2 aromatic rings. The molecule has 20 heavy (non-hydrogen) atoms. The van der Waals surface area contributed by atoms with Crippen LogP contribution in [0.3, 0.4) is 0 Å². The highest BCUT2D eigenvalue weighted by molar-refractivity contribution is 6.30. The van der Waals surface area contributed by atoms with Crippen LogP contribution in [0.1, 0.15) is 37.3 Å². The summed E-state index contributed by atoms with van der Waals surface area (Å²) in [4.78, 5) is 4.48. The van der Waals surface area contributed by atoms with Gasteiger partial charge >= 0.3 is 0 Å². The van der Waals surface area contributed by atoms with Crippen molar-refractivity contribution in [3.63, 3.8) is 0 Å². The van der Waals surface area contributed by atoms with Crippen molar-refractivity contribution >= 4 is 23.5 Å². The quantitative estimate of drug-likeness (QED) is 0.468. The Morgan fingerprint density at radius 2 is 1.65 bits per heavy atom. The molecule has 0 radical (unpaired) electrons. The predicted molar refractivity (Wildman–Crippen MR) is 88.4 cm³/mol. The lowest BCUT2D eigenvalue weighted by atomic mass is 10.1. The zero-order chi connectivity index (χ0) is 14.2. The van der Waals surface area contributed by atoms with Gasteiger partial charge in [-0.1, -0.05) is 55.6 Å². The second-order valence-corrected chi connectivity index (χ2v) is 5.37.